The molecule has 22 heavy (non-hydrogen) atoms. The van der Waals surface area contributed by atoms with Crippen molar-refractivity contribution in [1.29, 1.82) is 0 Å². The summed E-state index contributed by atoms with van der Waals surface area (Å²) in [6, 6.07) is 12.9. The minimum Gasteiger partial charge on any atom is -0.388 e. The van der Waals surface area contributed by atoms with Gasteiger partial charge >= 0.3 is 0 Å². The second kappa shape index (κ2) is 7.07. The molecule has 0 saturated carbocycles. The minimum absolute atomic E-state index is 0.265. The van der Waals surface area contributed by atoms with Crippen LogP contribution in [0.15, 0.2) is 47.6 Å². The smallest absolute Gasteiger partial charge is 0.148 e. The van der Waals surface area contributed by atoms with Crippen molar-refractivity contribution < 1.29 is 4.39 Å². The predicted molar refractivity (Wildman–Crippen MR) is 92.4 cm³/mol. The Hall–Kier alpha value is -2.36. The Morgan fingerprint density at radius 1 is 1.23 bits per heavy atom. The molecule has 0 saturated heterocycles. The maximum atomic E-state index is 14.0. The molecule has 0 atom stereocenters. The average Bonchev–Trinajstić information content (AvgIpc) is 2.53. The van der Waals surface area contributed by atoms with E-state index in [0.29, 0.717) is 12.2 Å². The quantitative estimate of drug-likeness (QED) is 0.653. The highest BCUT2D eigenvalue weighted by atomic mass is 19.1. The summed E-state index contributed by atoms with van der Waals surface area (Å²) in [6.07, 6.45) is 0. The van der Waals surface area contributed by atoms with Crippen LogP contribution in [0.25, 0.3) is 0 Å². The van der Waals surface area contributed by atoms with E-state index in [0.717, 1.165) is 22.5 Å². The lowest BCUT2D eigenvalue weighted by molar-refractivity contribution is 0.620. The van der Waals surface area contributed by atoms with Crippen LogP contribution < -0.4 is 10.3 Å². The molecule has 4 heteroatoms. The zero-order chi connectivity index (χ0) is 16.1. The number of para-hydroxylation sites is 1. The minimum atomic E-state index is -0.265. The van der Waals surface area contributed by atoms with Gasteiger partial charge in [-0.15, -0.1) is 0 Å². The molecule has 0 unspecified atom stereocenters. The maximum absolute atomic E-state index is 14.0. The molecule has 0 aliphatic rings. The molecule has 0 radical (unpaired) electrons. The van der Waals surface area contributed by atoms with Gasteiger partial charge in [0.05, 0.1) is 11.4 Å². The number of anilines is 2. The van der Waals surface area contributed by atoms with Crippen molar-refractivity contribution in [3.05, 3.63) is 59.4 Å². The number of nitrogens with zero attached hydrogens (tertiary/aromatic N) is 2. The zero-order valence-electron chi connectivity index (χ0n) is 13.5. The summed E-state index contributed by atoms with van der Waals surface area (Å²) in [6.45, 7) is 6.54. The van der Waals surface area contributed by atoms with Crippen LogP contribution >= 0.6 is 0 Å². The Balaban J connectivity index is 2.42. The number of halogens is 1. The first-order chi connectivity index (χ1) is 10.6. The lowest BCUT2D eigenvalue weighted by atomic mass is 10.1. The van der Waals surface area contributed by atoms with Crippen LogP contribution in [0.3, 0.4) is 0 Å². The van der Waals surface area contributed by atoms with Gasteiger partial charge < -0.3 is 5.32 Å². The van der Waals surface area contributed by atoms with Crippen LogP contribution in [0, 0.1) is 12.7 Å². The number of hydrogen-bond donors (Lipinski definition) is 1. The van der Waals surface area contributed by atoms with E-state index in [9.17, 15) is 4.39 Å². The van der Waals surface area contributed by atoms with Crippen molar-refractivity contribution in [3.63, 3.8) is 0 Å². The van der Waals surface area contributed by atoms with E-state index in [2.05, 4.69) is 22.6 Å². The van der Waals surface area contributed by atoms with Gasteiger partial charge in [-0.3, -0.25) is 5.01 Å². The van der Waals surface area contributed by atoms with Gasteiger partial charge in [-0.05, 0) is 45.0 Å². The van der Waals surface area contributed by atoms with Crippen molar-refractivity contribution in [3.8, 4) is 0 Å². The molecular formula is C18H22FN3. The van der Waals surface area contributed by atoms with Crippen LogP contribution in [0.4, 0.5) is 15.8 Å². The van der Waals surface area contributed by atoms with Crippen molar-refractivity contribution in [1.82, 2.24) is 0 Å². The molecule has 0 aliphatic carbocycles. The first-order valence-corrected chi connectivity index (χ1v) is 7.42. The van der Waals surface area contributed by atoms with E-state index in [-0.39, 0.29) is 5.82 Å². The second-order valence-electron chi connectivity index (χ2n) is 5.15. The summed E-state index contributed by atoms with van der Waals surface area (Å²) in [5.41, 5.74) is 4.53. The molecule has 3 nitrogen and oxygen atoms in total. The largest absolute Gasteiger partial charge is 0.388 e. The van der Waals surface area contributed by atoms with E-state index in [1.165, 1.54) is 6.07 Å². The molecular weight excluding hydrogens is 277 g/mol. The first kappa shape index (κ1) is 16.0. The predicted octanol–water partition coefficient (Wildman–Crippen LogP) is 4.43. The van der Waals surface area contributed by atoms with Crippen molar-refractivity contribution >= 4 is 17.1 Å². The van der Waals surface area contributed by atoms with E-state index < -0.39 is 0 Å². The molecule has 2 aromatic carbocycles. The topological polar surface area (TPSA) is 27.6 Å². The summed E-state index contributed by atoms with van der Waals surface area (Å²) in [5.74, 6) is -0.265. The highest BCUT2D eigenvalue weighted by molar-refractivity contribution is 6.04. The second-order valence-corrected chi connectivity index (χ2v) is 5.15. The molecule has 1 N–H and O–H groups in total. The Morgan fingerprint density at radius 3 is 2.59 bits per heavy atom. The summed E-state index contributed by atoms with van der Waals surface area (Å²) >= 11 is 0. The van der Waals surface area contributed by atoms with E-state index in [1.54, 1.807) is 17.1 Å². The first-order valence-electron chi connectivity index (χ1n) is 7.42. The molecule has 0 heterocycles. The van der Waals surface area contributed by atoms with Crippen LogP contribution in [-0.2, 0) is 0 Å². The van der Waals surface area contributed by atoms with Crippen LogP contribution in [0.5, 0.6) is 0 Å². The molecule has 0 fully saturated rings. The summed E-state index contributed by atoms with van der Waals surface area (Å²) < 4.78 is 14.0. The van der Waals surface area contributed by atoms with E-state index in [1.807, 2.05) is 40.0 Å². The van der Waals surface area contributed by atoms with Crippen LogP contribution in [0.2, 0.25) is 0 Å². The van der Waals surface area contributed by atoms with E-state index in [4.69, 9.17) is 0 Å². The summed E-state index contributed by atoms with van der Waals surface area (Å²) in [5, 5.41) is 9.48. The number of rotatable bonds is 5. The molecule has 116 valence electrons. The summed E-state index contributed by atoms with van der Waals surface area (Å²) in [4.78, 5) is 0. The normalized spacial score (nSPS) is 11.4. The standard InChI is InChI=1S/C18H22FN3/c1-5-22(18-9-7-6-8-16(18)19)21-14(3)15-12-13(2)10-11-17(15)20-4/h6-12,20H,5H2,1-4H3/b21-14+. The summed E-state index contributed by atoms with van der Waals surface area (Å²) in [7, 11) is 1.88. The van der Waals surface area contributed by atoms with E-state index >= 15 is 0 Å². The third-order valence-electron chi connectivity index (χ3n) is 3.53. The van der Waals surface area contributed by atoms with Gasteiger partial charge in [0.1, 0.15) is 5.82 Å². The molecule has 2 aromatic rings. The van der Waals surface area contributed by atoms with Crippen LogP contribution in [0.1, 0.15) is 25.0 Å². The van der Waals surface area contributed by atoms with Gasteiger partial charge in [0.15, 0.2) is 0 Å². The van der Waals surface area contributed by atoms with Gasteiger partial charge in [-0.2, -0.15) is 5.10 Å². The maximum Gasteiger partial charge on any atom is 0.148 e. The fraction of sp³-hybridized carbons (Fsp3) is 0.278. The fourth-order valence-corrected chi connectivity index (χ4v) is 2.37. The lowest BCUT2D eigenvalue weighted by Gasteiger charge is -2.20. The molecule has 0 aromatic heterocycles. The molecule has 2 rings (SSSR count). The Labute approximate surface area is 131 Å². The van der Waals surface area contributed by atoms with Crippen molar-refractivity contribution in [2.24, 2.45) is 5.10 Å². The number of hydrazone groups is 1. The molecule has 0 spiro atoms. The van der Waals surface area contributed by atoms with Gasteiger partial charge in [0, 0.05) is 24.8 Å². The third-order valence-corrected chi connectivity index (χ3v) is 3.53. The van der Waals surface area contributed by atoms with Gasteiger partial charge in [-0.25, -0.2) is 4.39 Å². The molecule has 0 amide bonds. The number of hydrogen-bond acceptors (Lipinski definition) is 3. The van der Waals surface area contributed by atoms with Crippen molar-refractivity contribution in [2.45, 2.75) is 20.8 Å². The number of benzene rings is 2. The van der Waals surface area contributed by atoms with Crippen LogP contribution in [-0.4, -0.2) is 19.3 Å². The zero-order valence-corrected chi connectivity index (χ0v) is 13.5. The average molecular weight is 299 g/mol. The Bertz CT molecular complexity index is 680. The monoisotopic (exact) mass is 299 g/mol. The Morgan fingerprint density at radius 2 is 1.95 bits per heavy atom. The number of nitrogens with one attached hydrogen (secondary N) is 1. The Kier molecular flexibility index (Phi) is 5.15. The SMILES string of the molecule is CCN(/N=C(\C)c1cc(C)ccc1NC)c1ccccc1F. The van der Waals surface area contributed by atoms with Gasteiger partial charge in [0.25, 0.3) is 0 Å². The fourth-order valence-electron chi connectivity index (χ4n) is 2.37. The van der Waals surface area contributed by atoms with Gasteiger partial charge in [-0.1, -0.05) is 23.8 Å². The molecule has 0 aliphatic heterocycles. The number of aryl methyl sites for hydroxylation is 1. The third kappa shape index (κ3) is 3.45. The lowest BCUT2D eigenvalue weighted by Crippen LogP contribution is -2.19. The highest BCUT2D eigenvalue weighted by Crippen LogP contribution is 2.22. The molecule has 0 bridgehead atoms. The van der Waals surface area contributed by atoms with Crippen molar-refractivity contribution in [2.75, 3.05) is 23.9 Å². The van der Waals surface area contributed by atoms with Gasteiger partial charge in [0.2, 0.25) is 0 Å². The highest BCUT2D eigenvalue weighted by Gasteiger charge is 2.11.